The average Bonchev–Trinajstić information content (AvgIpc) is 3.16. The summed E-state index contributed by atoms with van der Waals surface area (Å²) in [5.41, 5.74) is 4.71. The van der Waals surface area contributed by atoms with E-state index in [0.29, 0.717) is 71.6 Å². The number of anilines is 4. The number of carbonyl (C=O) groups is 2. The van der Waals surface area contributed by atoms with E-state index in [4.69, 9.17) is 37.9 Å². The zero-order valence-electron chi connectivity index (χ0n) is 29.1. The lowest BCUT2D eigenvalue weighted by Gasteiger charge is -2.40. The quantitative estimate of drug-likeness (QED) is 0.0910. The van der Waals surface area contributed by atoms with Crippen molar-refractivity contribution in [3.8, 4) is 34.5 Å². The van der Waals surface area contributed by atoms with Crippen LogP contribution in [-0.4, -0.2) is 80.9 Å². The van der Waals surface area contributed by atoms with Crippen LogP contribution < -0.4 is 38.2 Å². The van der Waals surface area contributed by atoms with Crippen molar-refractivity contribution in [3.05, 3.63) is 83.9 Å². The fraction of sp³-hybridized carbons (Fsp3) is 0.316. The highest BCUT2D eigenvalue weighted by molar-refractivity contribution is 5.94. The molecule has 0 amide bonds. The third kappa shape index (κ3) is 7.44. The van der Waals surface area contributed by atoms with Crippen molar-refractivity contribution in [1.29, 1.82) is 0 Å². The van der Waals surface area contributed by atoms with E-state index in [1.165, 1.54) is 42.7 Å². The molecule has 50 heavy (non-hydrogen) atoms. The number of benzene rings is 4. The number of nitrogens with zero attached hydrogens (tertiary/aromatic N) is 2. The summed E-state index contributed by atoms with van der Waals surface area (Å²) in [6.07, 6.45) is 1.16. The highest BCUT2D eigenvalue weighted by atomic mass is 16.5. The molecule has 1 heterocycles. The van der Waals surface area contributed by atoms with Crippen molar-refractivity contribution in [3.63, 3.8) is 0 Å². The topological polar surface area (TPSA) is 114 Å². The van der Waals surface area contributed by atoms with Gasteiger partial charge in [-0.15, -0.1) is 0 Å². The maximum atomic E-state index is 13.0. The van der Waals surface area contributed by atoms with Gasteiger partial charge in [0.15, 0.2) is 23.0 Å². The molecule has 0 saturated carbocycles. The summed E-state index contributed by atoms with van der Waals surface area (Å²) in [6, 6.07) is 22.6. The molecule has 5 rings (SSSR count). The summed E-state index contributed by atoms with van der Waals surface area (Å²) in [4.78, 5) is 30.4. The molecule has 1 aliphatic rings. The molecule has 4 aromatic rings. The van der Waals surface area contributed by atoms with Crippen LogP contribution in [0, 0.1) is 0 Å². The standard InChI is InChI=1S/C38H42N2O10/c1-43-31-21-25(22-32(44-2)35(31)47-5)37(41)49-19-11-17-39-27-13-7-9-15-29(27)40(30-16-10-8-14-28(30)39)18-12-20-50-38(42)26-23-33(45-3)36(48-6)34(24-26)46-4/h7-10,13-16,21-24H,11-12,17-20H2,1-6H3. The van der Waals surface area contributed by atoms with Crippen LogP contribution in [0.2, 0.25) is 0 Å². The van der Waals surface area contributed by atoms with E-state index in [-0.39, 0.29) is 13.2 Å². The Hall–Kier alpha value is -5.78. The summed E-state index contributed by atoms with van der Waals surface area (Å²) in [5.74, 6) is 1.34. The second-order valence-electron chi connectivity index (χ2n) is 11.1. The Morgan fingerprint density at radius 2 is 0.780 bits per heavy atom. The van der Waals surface area contributed by atoms with Gasteiger partial charge in [0.1, 0.15) is 0 Å². The molecule has 0 spiro atoms. The van der Waals surface area contributed by atoms with Gasteiger partial charge < -0.3 is 47.7 Å². The minimum absolute atomic E-state index is 0.206. The van der Waals surface area contributed by atoms with Gasteiger partial charge in [-0.2, -0.15) is 0 Å². The molecule has 0 unspecified atom stereocenters. The van der Waals surface area contributed by atoms with Crippen LogP contribution in [0.5, 0.6) is 34.5 Å². The van der Waals surface area contributed by atoms with Crippen molar-refractivity contribution in [2.45, 2.75) is 12.8 Å². The highest BCUT2D eigenvalue weighted by Crippen LogP contribution is 2.48. The Morgan fingerprint density at radius 1 is 0.480 bits per heavy atom. The molecule has 0 bridgehead atoms. The van der Waals surface area contributed by atoms with Gasteiger partial charge in [-0.1, -0.05) is 24.3 Å². The first-order chi connectivity index (χ1) is 24.4. The molecular formula is C38H42N2O10. The summed E-state index contributed by atoms with van der Waals surface area (Å²) < 4.78 is 43.5. The highest BCUT2D eigenvalue weighted by Gasteiger charge is 2.28. The molecule has 0 saturated heterocycles. The number of methoxy groups -OCH3 is 6. The van der Waals surface area contributed by atoms with E-state index in [9.17, 15) is 9.59 Å². The third-order valence-corrected chi connectivity index (χ3v) is 8.25. The Balaban J connectivity index is 1.23. The number of rotatable bonds is 16. The first kappa shape index (κ1) is 35.5. The van der Waals surface area contributed by atoms with Crippen molar-refractivity contribution < 1.29 is 47.5 Å². The van der Waals surface area contributed by atoms with E-state index < -0.39 is 11.9 Å². The van der Waals surface area contributed by atoms with E-state index >= 15 is 0 Å². The first-order valence-corrected chi connectivity index (χ1v) is 16.1. The zero-order valence-corrected chi connectivity index (χ0v) is 29.1. The van der Waals surface area contributed by atoms with Gasteiger partial charge in [0.25, 0.3) is 0 Å². The maximum absolute atomic E-state index is 13.0. The number of carbonyl (C=O) groups excluding carboxylic acids is 2. The van der Waals surface area contributed by atoms with Gasteiger partial charge in [-0.05, 0) is 61.4 Å². The molecule has 0 aliphatic carbocycles. The van der Waals surface area contributed by atoms with Crippen LogP contribution in [-0.2, 0) is 9.47 Å². The summed E-state index contributed by atoms with van der Waals surface area (Å²) in [5, 5.41) is 0. The fourth-order valence-corrected chi connectivity index (χ4v) is 5.92. The largest absolute Gasteiger partial charge is 0.493 e. The molecule has 264 valence electrons. The monoisotopic (exact) mass is 686 g/mol. The molecule has 4 aromatic carbocycles. The zero-order chi connectivity index (χ0) is 35.6. The van der Waals surface area contributed by atoms with Crippen LogP contribution in [0.3, 0.4) is 0 Å². The second-order valence-corrected chi connectivity index (χ2v) is 11.1. The smallest absolute Gasteiger partial charge is 0.338 e. The lowest BCUT2D eigenvalue weighted by Crippen LogP contribution is -2.31. The number of fused-ring (bicyclic) bond motifs is 2. The van der Waals surface area contributed by atoms with Gasteiger partial charge in [0, 0.05) is 13.1 Å². The summed E-state index contributed by atoms with van der Waals surface area (Å²) >= 11 is 0. The van der Waals surface area contributed by atoms with Crippen LogP contribution in [0.1, 0.15) is 33.6 Å². The van der Waals surface area contributed by atoms with Gasteiger partial charge >= 0.3 is 11.9 Å². The van der Waals surface area contributed by atoms with Crippen molar-refractivity contribution in [2.24, 2.45) is 0 Å². The van der Waals surface area contributed by atoms with Gasteiger partial charge in [-0.25, -0.2) is 9.59 Å². The van der Waals surface area contributed by atoms with Crippen molar-refractivity contribution in [1.82, 2.24) is 0 Å². The van der Waals surface area contributed by atoms with Crippen molar-refractivity contribution in [2.75, 3.05) is 78.8 Å². The van der Waals surface area contributed by atoms with Gasteiger partial charge in [0.05, 0.1) is 89.7 Å². The predicted octanol–water partition coefficient (Wildman–Crippen LogP) is 6.82. The molecule has 12 nitrogen and oxygen atoms in total. The summed E-state index contributed by atoms with van der Waals surface area (Å²) in [6.45, 7) is 1.63. The van der Waals surface area contributed by atoms with E-state index in [1.807, 2.05) is 24.3 Å². The Morgan fingerprint density at radius 3 is 1.04 bits per heavy atom. The van der Waals surface area contributed by atoms with Crippen LogP contribution in [0.15, 0.2) is 72.8 Å². The minimum Gasteiger partial charge on any atom is -0.493 e. The predicted molar refractivity (Wildman–Crippen MR) is 189 cm³/mol. The Kier molecular flexibility index (Phi) is 11.8. The Bertz CT molecular complexity index is 1580. The molecule has 0 fully saturated rings. The van der Waals surface area contributed by atoms with Gasteiger partial charge in [-0.3, -0.25) is 0 Å². The maximum Gasteiger partial charge on any atom is 0.338 e. The molecule has 0 N–H and O–H groups in total. The molecule has 1 aliphatic heterocycles. The minimum atomic E-state index is -0.485. The van der Waals surface area contributed by atoms with Gasteiger partial charge in [0.2, 0.25) is 11.5 Å². The number of ether oxygens (including phenoxy) is 8. The number of hydrogen-bond donors (Lipinski definition) is 0. The first-order valence-electron chi connectivity index (χ1n) is 16.1. The number of hydrogen-bond acceptors (Lipinski definition) is 12. The average molecular weight is 687 g/mol. The number of para-hydroxylation sites is 4. The molecular weight excluding hydrogens is 644 g/mol. The van der Waals surface area contributed by atoms with Crippen molar-refractivity contribution >= 4 is 34.7 Å². The third-order valence-electron chi connectivity index (χ3n) is 8.25. The lowest BCUT2D eigenvalue weighted by molar-refractivity contribution is 0.0492. The second kappa shape index (κ2) is 16.6. The molecule has 0 atom stereocenters. The van der Waals surface area contributed by atoms with E-state index in [0.717, 1.165) is 22.7 Å². The Labute approximate surface area is 291 Å². The van der Waals surface area contributed by atoms with E-state index in [1.54, 1.807) is 24.3 Å². The normalized spacial score (nSPS) is 11.6. The fourth-order valence-electron chi connectivity index (χ4n) is 5.92. The SMILES string of the molecule is COc1cc(C(=O)OCCCN2c3ccccc3N(CCCOC(=O)c3cc(OC)c(OC)c(OC)c3)c3ccccc32)cc(OC)c1OC. The van der Waals surface area contributed by atoms with Crippen LogP contribution in [0.4, 0.5) is 22.7 Å². The number of esters is 2. The lowest BCUT2D eigenvalue weighted by atomic mass is 10.1. The molecule has 12 heteroatoms. The summed E-state index contributed by atoms with van der Waals surface area (Å²) in [7, 11) is 9.00. The van der Waals surface area contributed by atoms with Crippen LogP contribution in [0.25, 0.3) is 0 Å². The molecule has 0 aromatic heterocycles. The van der Waals surface area contributed by atoms with E-state index in [2.05, 4.69) is 34.1 Å². The van der Waals surface area contributed by atoms with Crippen LogP contribution >= 0.6 is 0 Å². The molecule has 0 radical (unpaired) electrons.